The van der Waals surface area contributed by atoms with Gasteiger partial charge in [-0.3, -0.25) is 9.59 Å². The number of carboxylic acid groups (broad SMARTS) is 1. The Labute approximate surface area is 111 Å². The molecule has 0 unspecified atom stereocenters. The summed E-state index contributed by atoms with van der Waals surface area (Å²) in [6, 6.07) is 3.89. The predicted octanol–water partition coefficient (Wildman–Crippen LogP) is 2.02. The van der Waals surface area contributed by atoms with Gasteiger partial charge in [-0.05, 0) is 47.2 Å². The molecular formula is C11H11FINO3. The zero-order chi connectivity index (χ0) is 12.8. The number of carbonyl (C=O) groups excluding carboxylic acids is 1. The van der Waals surface area contributed by atoms with Crippen LogP contribution in [0.15, 0.2) is 18.2 Å². The van der Waals surface area contributed by atoms with Crippen LogP contribution in [-0.2, 0) is 4.79 Å². The second-order valence-electron chi connectivity index (χ2n) is 3.38. The van der Waals surface area contributed by atoms with Crippen molar-refractivity contribution in [2.75, 3.05) is 6.54 Å². The fraction of sp³-hybridized carbons (Fsp3) is 0.273. The summed E-state index contributed by atoms with van der Waals surface area (Å²) in [4.78, 5) is 21.9. The molecule has 0 saturated carbocycles. The highest BCUT2D eigenvalue weighted by Crippen LogP contribution is 2.13. The molecule has 1 aromatic carbocycles. The van der Waals surface area contributed by atoms with Crippen molar-refractivity contribution < 1.29 is 19.1 Å². The Kier molecular flexibility index (Phi) is 5.33. The lowest BCUT2D eigenvalue weighted by atomic mass is 10.2. The van der Waals surface area contributed by atoms with Crippen LogP contribution < -0.4 is 5.32 Å². The molecule has 0 spiro atoms. The van der Waals surface area contributed by atoms with Crippen molar-refractivity contribution >= 4 is 34.5 Å². The van der Waals surface area contributed by atoms with Crippen LogP contribution in [0, 0.1) is 9.39 Å². The summed E-state index contributed by atoms with van der Waals surface area (Å²) in [7, 11) is 0. The molecule has 0 heterocycles. The van der Waals surface area contributed by atoms with Crippen LogP contribution in [-0.4, -0.2) is 23.5 Å². The predicted molar refractivity (Wildman–Crippen MR) is 68.3 cm³/mol. The Balaban J connectivity index is 2.50. The molecule has 0 saturated heterocycles. The first-order chi connectivity index (χ1) is 8.00. The first-order valence-corrected chi connectivity index (χ1v) is 6.03. The normalized spacial score (nSPS) is 10.0. The third kappa shape index (κ3) is 4.68. The van der Waals surface area contributed by atoms with E-state index < -0.39 is 11.8 Å². The van der Waals surface area contributed by atoms with Gasteiger partial charge >= 0.3 is 5.97 Å². The van der Waals surface area contributed by atoms with Crippen LogP contribution >= 0.6 is 22.6 Å². The van der Waals surface area contributed by atoms with Crippen LogP contribution in [0.1, 0.15) is 23.2 Å². The van der Waals surface area contributed by atoms with E-state index in [1.54, 1.807) is 0 Å². The van der Waals surface area contributed by atoms with E-state index in [1.807, 2.05) is 22.6 Å². The molecule has 0 atom stereocenters. The van der Waals surface area contributed by atoms with E-state index >= 15 is 0 Å². The minimum Gasteiger partial charge on any atom is -0.481 e. The van der Waals surface area contributed by atoms with Gasteiger partial charge in [0.1, 0.15) is 5.82 Å². The number of halogens is 2. The highest BCUT2D eigenvalue weighted by molar-refractivity contribution is 14.1. The average molecular weight is 351 g/mol. The smallest absolute Gasteiger partial charge is 0.303 e. The Bertz CT molecular complexity index is 437. The van der Waals surface area contributed by atoms with E-state index in [4.69, 9.17) is 5.11 Å². The van der Waals surface area contributed by atoms with E-state index in [9.17, 15) is 14.0 Å². The van der Waals surface area contributed by atoms with Crippen molar-refractivity contribution in [1.82, 2.24) is 5.32 Å². The Morgan fingerprint density at radius 2 is 2.12 bits per heavy atom. The lowest BCUT2D eigenvalue weighted by Crippen LogP contribution is -2.25. The lowest BCUT2D eigenvalue weighted by molar-refractivity contribution is -0.137. The molecular weight excluding hydrogens is 340 g/mol. The molecule has 17 heavy (non-hydrogen) atoms. The number of nitrogens with one attached hydrogen (secondary N) is 1. The summed E-state index contributed by atoms with van der Waals surface area (Å²) < 4.78 is 13.3. The van der Waals surface area contributed by atoms with Gasteiger partial charge in [-0.15, -0.1) is 0 Å². The molecule has 1 aromatic rings. The fourth-order valence-electron chi connectivity index (χ4n) is 1.21. The van der Waals surface area contributed by atoms with E-state index in [2.05, 4.69) is 5.32 Å². The molecule has 0 aromatic heterocycles. The van der Waals surface area contributed by atoms with E-state index in [-0.39, 0.29) is 12.3 Å². The van der Waals surface area contributed by atoms with Gasteiger partial charge in [-0.25, -0.2) is 4.39 Å². The maximum Gasteiger partial charge on any atom is 0.303 e. The number of amides is 1. The largest absolute Gasteiger partial charge is 0.481 e. The first-order valence-electron chi connectivity index (χ1n) is 4.95. The molecule has 6 heteroatoms. The summed E-state index contributed by atoms with van der Waals surface area (Å²) in [5, 5.41) is 11.0. The molecule has 0 bridgehead atoms. The number of hydrogen-bond acceptors (Lipinski definition) is 2. The zero-order valence-corrected chi connectivity index (χ0v) is 11.0. The minimum absolute atomic E-state index is 0.0147. The van der Waals surface area contributed by atoms with E-state index in [0.29, 0.717) is 22.1 Å². The maximum absolute atomic E-state index is 12.8. The maximum atomic E-state index is 12.8. The summed E-state index contributed by atoms with van der Waals surface area (Å²) >= 11 is 1.88. The third-order valence-electron chi connectivity index (χ3n) is 2.03. The molecule has 4 nitrogen and oxygen atoms in total. The first kappa shape index (κ1) is 13.9. The molecule has 0 aliphatic carbocycles. The average Bonchev–Trinajstić information content (AvgIpc) is 2.23. The molecule has 0 fully saturated rings. The van der Waals surface area contributed by atoms with Gasteiger partial charge in [0.15, 0.2) is 0 Å². The number of carbonyl (C=O) groups is 2. The Hall–Kier alpha value is -1.18. The number of aliphatic carboxylic acids is 1. The third-order valence-corrected chi connectivity index (χ3v) is 2.92. The quantitative estimate of drug-likeness (QED) is 0.630. The molecule has 2 N–H and O–H groups in total. The molecule has 1 amide bonds. The van der Waals surface area contributed by atoms with Gasteiger partial charge in [0.2, 0.25) is 0 Å². The monoisotopic (exact) mass is 351 g/mol. The van der Waals surface area contributed by atoms with Crippen LogP contribution in [0.4, 0.5) is 4.39 Å². The lowest BCUT2D eigenvalue weighted by Gasteiger charge is -2.06. The van der Waals surface area contributed by atoms with Gasteiger partial charge in [0.25, 0.3) is 5.91 Å². The van der Waals surface area contributed by atoms with Crippen molar-refractivity contribution in [2.24, 2.45) is 0 Å². The van der Waals surface area contributed by atoms with Crippen LogP contribution in [0.2, 0.25) is 0 Å². The summed E-state index contributed by atoms with van der Waals surface area (Å²) in [6.07, 6.45) is 0.389. The van der Waals surface area contributed by atoms with Gasteiger partial charge in [0, 0.05) is 16.5 Å². The van der Waals surface area contributed by atoms with Crippen LogP contribution in [0.5, 0.6) is 0 Å². The van der Waals surface area contributed by atoms with Gasteiger partial charge in [0.05, 0.1) is 5.56 Å². The Morgan fingerprint density at radius 1 is 1.41 bits per heavy atom. The van der Waals surface area contributed by atoms with E-state index in [0.717, 1.165) is 0 Å². The molecule has 0 aliphatic heterocycles. The van der Waals surface area contributed by atoms with Crippen molar-refractivity contribution in [3.05, 3.63) is 33.1 Å². The van der Waals surface area contributed by atoms with Crippen molar-refractivity contribution in [3.8, 4) is 0 Å². The highest BCUT2D eigenvalue weighted by Gasteiger charge is 2.10. The van der Waals surface area contributed by atoms with Gasteiger partial charge in [-0.2, -0.15) is 0 Å². The summed E-state index contributed by atoms with van der Waals surface area (Å²) in [5.41, 5.74) is 0.391. The minimum atomic E-state index is -0.893. The van der Waals surface area contributed by atoms with Gasteiger partial charge < -0.3 is 10.4 Å². The van der Waals surface area contributed by atoms with Crippen molar-refractivity contribution in [2.45, 2.75) is 12.8 Å². The van der Waals surface area contributed by atoms with Crippen molar-refractivity contribution in [1.29, 1.82) is 0 Å². The number of carboxylic acids is 1. The summed E-state index contributed by atoms with van der Waals surface area (Å²) in [6.45, 7) is 0.290. The molecule has 0 radical (unpaired) electrons. The fourth-order valence-corrected chi connectivity index (χ4v) is 1.93. The topological polar surface area (TPSA) is 66.4 Å². The molecule has 1 rings (SSSR count). The van der Waals surface area contributed by atoms with E-state index in [1.165, 1.54) is 18.2 Å². The highest BCUT2D eigenvalue weighted by atomic mass is 127. The van der Waals surface area contributed by atoms with Crippen LogP contribution in [0.25, 0.3) is 0 Å². The zero-order valence-electron chi connectivity index (χ0n) is 8.87. The van der Waals surface area contributed by atoms with Gasteiger partial charge in [-0.1, -0.05) is 0 Å². The number of benzene rings is 1. The number of hydrogen-bond donors (Lipinski definition) is 2. The Morgan fingerprint density at radius 3 is 2.71 bits per heavy atom. The SMILES string of the molecule is O=C(O)CCCNC(=O)c1ccc(F)cc1I. The van der Waals surface area contributed by atoms with Crippen LogP contribution in [0.3, 0.4) is 0 Å². The second kappa shape index (κ2) is 6.53. The molecule has 0 aliphatic rings. The standard InChI is InChI=1S/C11H11FINO3/c12-7-3-4-8(9(13)6-7)11(17)14-5-1-2-10(15)16/h3-4,6H,1-2,5H2,(H,14,17)(H,15,16). The second-order valence-corrected chi connectivity index (χ2v) is 4.54. The number of rotatable bonds is 5. The van der Waals surface area contributed by atoms with Crippen molar-refractivity contribution in [3.63, 3.8) is 0 Å². The summed E-state index contributed by atoms with van der Waals surface area (Å²) in [5.74, 6) is -1.60. The molecule has 92 valence electrons.